The van der Waals surface area contributed by atoms with Crippen LogP contribution in [0.4, 0.5) is 8.78 Å². The maximum atomic E-state index is 12.1. The van der Waals surface area contributed by atoms with Gasteiger partial charge < -0.3 is 14.4 Å². The second-order valence-corrected chi connectivity index (χ2v) is 4.14. The molecule has 2 atom stereocenters. The first-order chi connectivity index (χ1) is 8.15. The van der Waals surface area contributed by atoms with E-state index in [4.69, 9.17) is 14.4 Å². The first-order valence-electron chi connectivity index (χ1n) is 5.50. The fraction of sp³-hybridized carbons (Fsp3) is 0.800. The zero-order valence-electron chi connectivity index (χ0n) is 9.18. The van der Waals surface area contributed by atoms with Crippen LogP contribution in [0.3, 0.4) is 0 Å². The molecule has 2 heterocycles. The van der Waals surface area contributed by atoms with Gasteiger partial charge in [-0.05, 0) is 12.3 Å². The van der Waals surface area contributed by atoms with Crippen LogP contribution < -0.4 is 0 Å². The number of hydrogen-bond donors (Lipinski definition) is 1. The van der Waals surface area contributed by atoms with E-state index in [1.54, 1.807) is 0 Å². The molecule has 0 spiro atoms. The van der Waals surface area contributed by atoms with Gasteiger partial charge in [-0.2, -0.15) is 4.98 Å². The van der Waals surface area contributed by atoms with Crippen molar-refractivity contribution in [3.05, 3.63) is 11.7 Å². The maximum absolute atomic E-state index is 12.1. The smallest absolute Gasteiger partial charge is 0.264 e. The summed E-state index contributed by atoms with van der Waals surface area (Å²) in [4.78, 5) is 3.97. The number of nitrogens with zero attached hydrogens (tertiary/aromatic N) is 2. The minimum atomic E-state index is -2.80. The Morgan fingerprint density at radius 1 is 1.47 bits per heavy atom. The number of hydrogen-bond acceptors (Lipinski definition) is 5. The van der Waals surface area contributed by atoms with Crippen molar-refractivity contribution in [2.24, 2.45) is 5.92 Å². The Labute approximate surface area is 96.8 Å². The average Bonchev–Trinajstić information content (AvgIpc) is 2.91. The summed E-state index contributed by atoms with van der Waals surface area (Å²) in [6.07, 6.45) is -3.30. The Bertz CT molecular complexity index is 335. The summed E-state index contributed by atoms with van der Waals surface area (Å²) in [5.41, 5.74) is 0. The van der Waals surface area contributed by atoms with Gasteiger partial charge in [0.1, 0.15) is 6.10 Å². The number of aliphatic hydroxyl groups is 1. The molecule has 0 bridgehead atoms. The largest absolute Gasteiger partial charge is 0.387 e. The first kappa shape index (κ1) is 12.4. The second kappa shape index (κ2) is 5.50. The average molecular weight is 248 g/mol. The molecule has 0 saturated carbocycles. The van der Waals surface area contributed by atoms with E-state index in [0.717, 1.165) is 13.0 Å². The second-order valence-electron chi connectivity index (χ2n) is 4.14. The van der Waals surface area contributed by atoms with E-state index in [9.17, 15) is 8.78 Å². The summed E-state index contributed by atoms with van der Waals surface area (Å²) in [7, 11) is 0. The molecule has 17 heavy (non-hydrogen) atoms. The molecule has 5 nitrogen and oxygen atoms in total. The molecule has 2 unspecified atom stereocenters. The van der Waals surface area contributed by atoms with E-state index >= 15 is 0 Å². The van der Waals surface area contributed by atoms with Gasteiger partial charge in [0.25, 0.3) is 6.43 Å². The standard InChI is InChI=1S/C10H14F2N2O3/c11-10(12)7(15)4-9-13-8(14-17-9)3-6-1-2-16-5-6/h6-7,10,15H,1-5H2. The lowest BCUT2D eigenvalue weighted by atomic mass is 10.1. The van der Waals surface area contributed by atoms with Crippen LogP contribution in [0.15, 0.2) is 4.52 Å². The van der Waals surface area contributed by atoms with Crippen molar-refractivity contribution in [3.8, 4) is 0 Å². The molecule has 7 heteroatoms. The van der Waals surface area contributed by atoms with Crippen molar-refractivity contribution in [1.82, 2.24) is 10.1 Å². The van der Waals surface area contributed by atoms with Gasteiger partial charge in [-0.15, -0.1) is 0 Å². The molecule has 1 saturated heterocycles. The fourth-order valence-electron chi connectivity index (χ4n) is 1.73. The van der Waals surface area contributed by atoms with Crippen LogP contribution in [-0.2, 0) is 17.6 Å². The van der Waals surface area contributed by atoms with E-state index in [2.05, 4.69) is 10.1 Å². The summed E-state index contributed by atoms with van der Waals surface area (Å²) in [5, 5.41) is 12.7. The van der Waals surface area contributed by atoms with Crippen molar-refractivity contribution in [2.45, 2.75) is 31.8 Å². The van der Waals surface area contributed by atoms with Gasteiger partial charge in [-0.25, -0.2) is 8.78 Å². The number of aliphatic hydroxyl groups excluding tert-OH is 1. The Hall–Kier alpha value is -1.08. The predicted molar refractivity (Wildman–Crippen MR) is 52.6 cm³/mol. The van der Waals surface area contributed by atoms with E-state index in [1.807, 2.05) is 0 Å². The maximum Gasteiger partial charge on any atom is 0.264 e. The number of ether oxygens (including phenoxy) is 1. The molecule has 1 fully saturated rings. The van der Waals surface area contributed by atoms with Gasteiger partial charge in [0.2, 0.25) is 5.89 Å². The molecule has 1 aliphatic rings. The van der Waals surface area contributed by atoms with Crippen molar-refractivity contribution in [1.29, 1.82) is 0 Å². The van der Waals surface area contributed by atoms with Crippen molar-refractivity contribution < 1.29 is 23.1 Å². The van der Waals surface area contributed by atoms with E-state index in [-0.39, 0.29) is 12.3 Å². The van der Waals surface area contributed by atoms with Crippen LogP contribution in [0, 0.1) is 5.92 Å². The highest BCUT2D eigenvalue weighted by molar-refractivity contribution is 4.91. The zero-order chi connectivity index (χ0) is 12.3. The molecule has 1 aromatic heterocycles. The van der Waals surface area contributed by atoms with Crippen molar-refractivity contribution in [3.63, 3.8) is 0 Å². The predicted octanol–water partition coefficient (Wildman–Crippen LogP) is 0.817. The third-order valence-corrected chi connectivity index (χ3v) is 2.68. The molecule has 96 valence electrons. The molecular formula is C10H14F2N2O3. The summed E-state index contributed by atoms with van der Waals surface area (Å²) < 4.78 is 34.2. The van der Waals surface area contributed by atoms with Gasteiger partial charge in [0.05, 0.1) is 6.42 Å². The van der Waals surface area contributed by atoms with Crippen LogP contribution in [0.25, 0.3) is 0 Å². The summed E-state index contributed by atoms with van der Waals surface area (Å²) in [6.45, 7) is 1.41. The first-order valence-corrected chi connectivity index (χ1v) is 5.50. The van der Waals surface area contributed by atoms with Gasteiger partial charge >= 0.3 is 0 Å². The minimum Gasteiger partial charge on any atom is -0.387 e. The van der Waals surface area contributed by atoms with Crippen LogP contribution in [-0.4, -0.2) is 41.0 Å². The lowest BCUT2D eigenvalue weighted by Crippen LogP contribution is -2.20. The van der Waals surface area contributed by atoms with E-state index in [1.165, 1.54) is 0 Å². The van der Waals surface area contributed by atoms with Gasteiger partial charge in [0.15, 0.2) is 5.82 Å². The summed E-state index contributed by atoms with van der Waals surface area (Å²) >= 11 is 0. The van der Waals surface area contributed by atoms with Gasteiger partial charge in [0, 0.05) is 19.6 Å². The quantitative estimate of drug-likeness (QED) is 0.835. The van der Waals surface area contributed by atoms with Crippen LogP contribution in [0.2, 0.25) is 0 Å². The molecule has 0 aromatic carbocycles. The Kier molecular flexibility index (Phi) is 4.01. The summed E-state index contributed by atoms with van der Waals surface area (Å²) in [5.74, 6) is 0.893. The Morgan fingerprint density at radius 2 is 2.29 bits per heavy atom. The van der Waals surface area contributed by atoms with E-state index in [0.29, 0.717) is 24.8 Å². The third kappa shape index (κ3) is 3.44. The minimum absolute atomic E-state index is 0.0479. The highest BCUT2D eigenvalue weighted by Gasteiger charge is 2.22. The highest BCUT2D eigenvalue weighted by atomic mass is 19.3. The molecule has 1 aliphatic heterocycles. The number of aromatic nitrogens is 2. The molecular weight excluding hydrogens is 234 g/mol. The van der Waals surface area contributed by atoms with E-state index < -0.39 is 12.5 Å². The fourth-order valence-corrected chi connectivity index (χ4v) is 1.73. The molecule has 2 rings (SSSR count). The highest BCUT2D eigenvalue weighted by Crippen LogP contribution is 2.17. The van der Waals surface area contributed by atoms with Crippen LogP contribution in [0.1, 0.15) is 18.1 Å². The van der Waals surface area contributed by atoms with Gasteiger partial charge in [-0.3, -0.25) is 0 Å². The topological polar surface area (TPSA) is 68.4 Å². The van der Waals surface area contributed by atoms with Crippen LogP contribution in [0.5, 0.6) is 0 Å². The molecule has 1 aromatic rings. The molecule has 0 aliphatic carbocycles. The number of halogens is 2. The zero-order valence-corrected chi connectivity index (χ0v) is 9.18. The lowest BCUT2D eigenvalue weighted by molar-refractivity contribution is -0.00754. The molecule has 1 N–H and O–H groups in total. The monoisotopic (exact) mass is 248 g/mol. The SMILES string of the molecule is OC(Cc1nc(CC2CCOC2)no1)C(F)F. The van der Waals surface area contributed by atoms with Crippen molar-refractivity contribution >= 4 is 0 Å². The number of alkyl halides is 2. The molecule has 0 radical (unpaired) electrons. The van der Waals surface area contributed by atoms with Crippen LogP contribution >= 0.6 is 0 Å². The Balaban J connectivity index is 1.86. The number of rotatable bonds is 5. The summed E-state index contributed by atoms with van der Waals surface area (Å²) in [6, 6.07) is 0. The lowest BCUT2D eigenvalue weighted by Gasteiger charge is -2.04. The molecule has 0 amide bonds. The van der Waals surface area contributed by atoms with Gasteiger partial charge in [-0.1, -0.05) is 5.16 Å². The third-order valence-electron chi connectivity index (χ3n) is 2.68. The normalized spacial score (nSPS) is 22.2. The Morgan fingerprint density at radius 3 is 2.94 bits per heavy atom. The van der Waals surface area contributed by atoms with Crippen molar-refractivity contribution in [2.75, 3.05) is 13.2 Å².